The number of benzene rings is 1. The highest BCUT2D eigenvalue weighted by Gasteiger charge is 2.15. The third-order valence-electron chi connectivity index (χ3n) is 4.47. The lowest BCUT2D eigenvalue weighted by atomic mass is 10.1. The van der Waals surface area contributed by atoms with Crippen molar-refractivity contribution in [3.63, 3.8) is 0 Å². The number of carboxylic acid groups (broad SMARTS) is 4. The molecule has 4 N–H and O–H groups in total. The van der Waals surface area contributed by atoms with Crippen LogP contribution in [0.2, 0.25) is 0 Å². The molecule has 1 aromatic rings. The molecule has 0 saturated heterocycles. The molecule has 10 heteroatoms. The third kappa shape index (κ3) is 11.1. The summed E-state index contributed by atoms with van der Waals surface area (Å²) in [5.74, 6) is -3.90. The Bertz CT molecular complexity index is 640. The summed E-state index contributed by atoms with van der Waals surface area (Å²) in [5, 5.41) is 35.8. The van der Waals surface area contributed by atoms with Crippen LogP contribution in [0.4, 0.5) is 0 Å². The maximum atomic E-state index is 10.9. The van der Waals surface area contributed by atoms with E-state index in [4.69, 9.17) is 20.4 Å². The number of hydrogen-bond donors (Lipinski definition) is 4. The Morgan fingerprint density at radius 1 is 0.567 bits per heavy atom. The predicted octanol–water partition coefficient (Wildman–Crippen LogP) is 1.19. The summed E-state index contributed by atoms with van der Waals surface area (Å²) < 4.78 is 0. The smallest absolute Gasteiger partial charge is 0.304 e. The molecule has 0 spiro atoms. The minimum atomic E-state index is -0.975. The quantitative estimate of drug-likeness (QED) is 0.304. The minimum absolute atomic E-state index is 0.120. The highest BCUT2D eigenvalue weighted by molar-refractivity contribution is 5.68. The van der Waals surface area contributed by atoms with Crippen molar-refractivity contribution in [2.45, 2.75) is 38.8 Å². The van der Waals surface area contributed by atoms with Crippen LogP contribution in [0, 0.1) is 0 Å². The van der Waals surface area contributed by atoms with Gasteiger partial charge in [-0.3, -0.25) is 29.0 Å². The van der Waals surface area contributed by atoms with Crippen molar-refractivity contribution in [3.8, 4) is 0 Å². The molecule has 166 valence electrons. The lowest BCUT2D eigenvalue weighted by molar-refractivity contribution is -0.139. The van der Waals surface area contributed by atoms with Gasteiger partial charge in [-0.05, 0) is 11.1 Å². The molecule has 0 aromatic heterocycles. The average molecular weight is 424 g/mol. The van der Waals surface area contributed by atoms with Crippen LogP contribution in [-0.2, 0) is 32.3 Å². The predicted molar refractivity (Wildman–Crippen MR) is 106 cm³/mol. The lowest BCUT2D eigenvalue weighted by Crippen LogP contribution is -2.31. The molecule has 0 amide bonds. The van der Waals surface area contributed by atoms with Crippen LogP contribution >= 0.6 is 0 Å². The molecular formula is C20H28N2O8. The molecule has 1 rings (SSSR count). The van der Waals surface area contributed by atoms with E-state index in [2.05, 4.69) is 0 Å². The van der Waals surface area contributed by atoms with E-state index in [1.807, 2.05) is 24.3 Å². The molecule has 0 radical (unpaired) electrons. The van der Waals surface area contributed by atoms with Crippen molar-refractivity contribution in [1.82, 2.24) is 9.80 Å². The zero-order valence-corrected chi connectivity index (χ0v) is 16.7. The first-order valence-electron chi connectivity index (χ1n) is 9.56. The minimum Gasteiger partial charge on any atom is -0.481 e. The third-order valence-corrected chi connectivity index (χ3v) is 4.47. The van der Waals surface area contributed by atoms with E-state index >= 15 is 0 Å². The highest BCUT2D eigenvalue weighted by atomic mass is 16.4. The van der Waals surface area contributed by atoms with Crippen molar-refractivity contribution < 1.29 is 39.6 Å². The first-order valence-corrected chi connectivity index (χ1v) is 9.56. The van der Waals surface area contributed by atoms with E-state index in [-0.39, 0.29) is 51.9 Å². The van der Waals surface area contributed by atoms with Crippen LogP contribution < -0.4 is 0 Å². The summed E-state index contributed by atoms with van der Waals surface area (Å²) in [5.41, 5.74) is 1.70. The number of aliphatic carboxylic acids is 4. The molecule has 0 fully saturated rings. The summed E-state index contributed by atoms with van der Waals surface area (Å²) >= 11 is 0. The van der Waals surface area contributed by atoms with Crippen LogP contribution in [-0.4, -0.2) is 80.3 Å². The second kappa shape index (κ2) is 13.3. The molecule has 0 aliphatic heterocycles. The van der Waals surface area contributed by atoms with Gasteiger partial charge in [-0.2, -0.15) is 0 Å². The number of carboxylic acids is 4. The van der Waals surface area contributed by atoms with E-state index in [0.717, 1.165) is 11.1 Å². The second-order valence-electron chi connectivity index (χ2n) is 6.90. The van der Waals surface area contributed by atoms with Crippen molar-refractivity contribution in [1.29, 1.82) is 0 Å². The Labute approximate surface area is 174 Å². The standard InChI is InChI=1S/C20H28N2O8/c23-17(24)5-9-21(10-6-18(25)26)13-15-3-1-2-4-16(15)14-22(11-7-19(27)28)12-8-20(29)30/h1-4H,5-14H2,(H,23,24)(H,25,26)(H,27,28)(H,29,30). The van der Waals surface area contributed by atoms with Crippen LogP contribution in [0.15, 0.2) is 24.3 Å². The molecule has 10 nitrogen and oxygen atoms in total. The maximum Gasteiger partial charge on any atom is 0.304 e. The van der Waals surface area contributed by atoms with E-state index in [1.54, 1.807) is 9.80 Å². The Morgan fingerprint density at radius 2 is 0.833 bits per heavy atom. The van der Waals surface area contributed by atoms with Crippen LogP contribution in [0.1, 0.15) is 36.8 Å². The van der Waals surface area contributed by atoms with E-state index < -0.39 is 23.9 Å². The Hall–Kier alpha value is -2.98. The van der Waals surface area contributed by atoms with Gasteiger partial charge in [0.05, 0.1) is 25.7 Å². The van der Waals surface area contributed by atoms with Crippen LogP contribution in [0.5, 0.6) is 0 Å². The molecule has 0 aliphatic rings. The number of rotatable bonds is 16. The topological polar surface area (TPSA) is 156 Å². The van der Waals surface area contributed by atoms with Gasteiger partial charge in [0.25, 0.3) is 0 Å². The molecule has 0 aliphatic carbocycles. The van der Waals surface area contributed by atoms with Gasteiger partial charge in [-0.25, -0.2) is 0 Å². The van der Waals surface area contributed by atoms with Gasteiger partial charge < -0.3 is 20.4 Å². The highest BCUT2D eigenvalue weighted by Crippen LogP contribution is 2.16. The van der Waals surface area contributed by atoms with Crippen molar-refractivity contribution in [2.75, 3.05) is 26.2 Å². The fourth-order valence-electron chi connectivity index (χ4n) is 2.90. The number of nitrogens with zero attached hydrogens (tertiary/aromatic N) is 2. The SMILES string of the molecule is O=C(O)CCN(CCC(=O)O)Cc1ccccc1CN(CCC(=O)O)CCC(=O)O. The summed E-state index contributed by atoms with van der Waals surface area (Å²) in [7, 11) is 0. The molecule has 0 unspecified atom stereocenters. The lowest BCUT2D eigenvalue weighted by Gasteiger charge is -2.25. The number of carbonyl (C=O) groups is 4. The second-order valence-corrected chi connectivity index (χ2v) is 6.90. The fourth-order valence-corrected chi connectivity index (χ4v) is 2.90. The van der Waals surface area contributed by atoms with E-state index in [1.165, 1.54) is 0 Å². The molecule has 0 bridgehead atoms. The van der Waals surface area contributed by atoms with Gasteiger partial charge in [0.2, 0.25) is 0 Å². The monoisotopic (exact) mass is 424 g/mol. The zero-order valence-electron chi connectivity index (χ0n) is 16.7. The first kappa shape index (κ1) is 25.1. The van der Waals surface area contributed by atoms with Gasteiger partial charge in [0.1, 0.15) is 0 Å². The first-order chi connectivity index (χ1) is 14.2. The Kier molecular flexibility index (Phi) is 11.1. The largest absolute Gasteiger partial charge is 0.481 e. The maximum absolute atomic E-state index is 10.9. The summed E-state index contributed by atoms with van der Waals surface area (Å²) in [4.78, 5) is 47.2. The van der Waals surface area contributed by atoms with Gasteiger partial charge >= 0.3 is 23.9 Å². The zero-order chi connectivity index (χ0) is 22.5. The van der Waals surface area contributed by atoms with Crippen molar-refractivity contribution in [3.05, 3.63) is 35.4 Å². The van der Waals surface area contributed by atoms with Gasteiger partial charge in [0.15, 0.2) is 0 Å². The Balaban J connectivity index is 2.93. The van der Waals surface area contributed by atoms with Gasteiger partial charge in [-0.15, -0.1) is 0 Å². The van der Waals surface area contributed by atoms with E-state index in [9.17, 15) is 19.2 Å². The molecule has 0 saturated carbocycles. The molecular weight excluding hydrogens is 396 g/mol. The Morgan fingerprint density at radius 3 is 1.07 bits per heavy atom. The molecule has 0 atom stereocenters. The van der Waals surface area contributed by atoms with Crippen molar-refractivity contribution in [2.24, 2.45) is 0 Å². The van der Waals surface area contributed by atoms with Gasteiger partial charge in [-0.1, -0.05) is 24.3 Å². The fraction of sp³-hybridized carbons (Fsp3) is 0.500. The summed E-state index contributed by atoms with van der Waals surface area (Å²) in [6, 6.07) is 7.31. The molecule has 1 aromatic carbocycles. The summed E-state index contributed by atoms with van der Waals surface area (Å²) in [6.45, 7) is 1.44. The average Bonchev–Trinajstić information content (AvgIpc) is 2.66. The van der Waals surface area contributed by atoms with Crippen LogP contribution in [0.3, 0.4) is 0 Å². The van der Waals surface area contributed by atoms with Crippen LogP contribution in [0.25, 0.3) is 0 Å². The van der Waals surface area contributed by atoms with Crippen molar-refractivity contribution >= 4 is 23.9 Å². The molecule has 30 heavy (non-hydrogen) atoms. The molecule has 0 heterocycles. The number of hydrogen-bond acceptors (Lipinski definition) is 6. The normalized spacial score (nSPS) is 11.0. The summed E-state index contributed by atoms with van der Waals surface area (Å²) in [6.07, 6.45) is -0.480. The van der Waals surface area contributed by atoms with Gasteiger partial charge in [0, 0.05) is 39.3 Å². The van der Waals surface area contributed by atoms with E-state index in [0.29, 0.717) is 13.1 Å².